The number of rotatable bonds is 3. The zero-order chi connectivity index (χ0) is 10.6. The summed E-state index contributed by atoms with van der Waals surface area (Å²) in [4.78, 5) is 0. The van der Waals surface area contributed by atoms with Crippen LogP contribution in [-0.4, -0.2) is 19.0 Å². The van der Waals surface area contributed by atoms with Crippen molar-refractivity contribution in [2.24, 2.45) is 5.92 Å². The highest BCUT2D eigenvalue weighted by molar-refractivity contribution is 4.71. The summed E-state index contributed by atoms with van der Waals surface area (Å²) in [6.07, 6.45) is 10.4. The van der Waals surface area contributed by atoms with Gasteiger partial charge in [0.05, 0.1) is 13.2 Å². The molecule has 1 saturated heterocycles. The van der Waals surface area contributed by atoms with Crippen LogP contribution < -0.4 is 0 Å². The van der Waals surface area contributed by atoms with Crippen LogP contribution in [0.15, 0.2) is 0 Å². The summed E-state index contributed by atoms with van der Waals surface area (Å²) in [5.41, 5.74) is 0. The van der Waals surface area contributed by atoms with Crippen molar-refractivity contribution in [2.45, 2.75) is 64.1 Å². The molecule has 1 saturated carbocycles. The van der Waals surface area contributed by atoms with Crippen molar-refractivity contribution in [1.29, 1.82) is 0 Å². The topological polar surface area (TPSA) is 18.5 Å². The van der Waals surface area contributed by atoms with Crippen molar-refractivity contribution in [3.8, 4) is 0 Å². The van der Waals surface area contributed by atoms with E-state index in [1.165, 1.54) is 44.9 Å². The van der Waals surface area contributed by atoms with Crippen LogP contribution in [0.4, 0.5) is 0 Å². The first-order valence-electron chi connectivity index (χ1n) is 6.56. The first kappa shape index (κ1) is 11.4. The molecule has 15 heavy (non-hydrogen) atoms. The second kappa shape index (κ2) is 5.31. The van der Waals surface area contributed by atoms with Gasteiger partial charge < -0.3 is 9.47 Å². The smallest absolute Gasteiger partial charge is 0.165 e. The van der Waals surface area contributed by atoms with Crippen LogP contribution >= 0.6 is 0 Å². The van der Waals surface area contributed by atoms with Crippen LogP contribution in [0.1, 0.15) is 58.3 Å². The Hall–Kier alpha value is -0.0800. The molecule has 0 N–H and O–H groups in total. The van der Waals surface area contributed by atoms with Crippen molar-refractivity contribution < 1.29 is 9.47 Å². The van der Waals surface area contributed by atoms with Gasteiger partial charge in [0.25, 0.3) is 0 Å². The Morgan fingerprint density at radius 3 is 2.60 bits per heavy atom. The van der Waals surface area contributed by atoms with Crippen LogP contribution in [0.2, 0.25) is 0 Å². The SMILES string of the molecule is CC1(OCC2CCCCC2)CCCCO1. The Labute approximate surface area is 93.3 Å². The fraction of sp³-hybridized carbons (Fsp3) is 1.00. The van der Waals surface area contributed by atoms with E-state index in [1.54, 1.807) is 0 Å². The van der Waals surface area contributed by atoms with E-state index < -0.39 is 0 Å². The molecule has 0 aromatic heterocycles. The molecule has 0 spiro atoms. The molecule has 2 rings (SSSR count). The number of hydrogen-bond donors (Lipinski definition) is 0. The molecule has 2 fully saturated rings. The Morgan fingerprint density at radius 1 is 1.13 bits per heavy atom. The lowest BCUT2D eigenvalue weighted by Gasteiger charge is -2.35. The molecule has 0 aromatic carbocycles. The molecule has 0 aromatic rings. The standard InChI is InChI=1S/C13H24O2/c1-13(9-5-6-10-14-13)15-11-12-7-3-2-4-8-12/h12H,2-11H2,1H3. The molecule has 1 aliphatic heterocycles. The third-order valence-corrected chi connectivity index (χ3v) is 3.78. The molecular weight excluding hydrogens is 188 g/mol. The second-order valence-electron chi connectivity index (χ2n) is 5.25. The lowest BCUT2D eigenvalue weighted by atomic mass is 9.90. The highest BCUT2D eigenvalue weighted by Crippen LogP contribution is 2.29. The molecule has 2 aliphatic rings. The van der Waals surface area contributed by atoms with E-state index in [4.69, 9.17) is 9.47 Å². The normalized spacial score (nSPS) is 34.2. The van der Waals surface area contributed by atoms with Gasteiger partial charge >= 0.3 is 0 Å². The van der Waals surface area contributed by atoms with Gasteiger partial charge in [-0.15, -0.1) is 0 Å². The Morgan fingerprint density at radius 2 is 1.93 bits per heavy atom. The lowest BCUT2D eigenvalue weighted by molar-refractivity contribution is -0.249. The van der Waals surface area contributed by atoms with Crippen molar-refractivity contribution in [3.63, 3.8) is 0 Å². The van der Waals surface area contributed by atoms with Crippen LogP contribution in [0.25, 0.3) is 0 Å². The van der Waals surface area contributed by atoms with Gasteiger partial charge in [-0.3, -0.25) is 0 Å². The number of hydrogen-bond acceptors (Lipinski definition) is 2. The van der Waals surface area contributed by atoms with Crippen LogP contribution in [0, 0.1) is 5.92 Å². The molecule has 1 atom stereocenters. The predicted molar refractivity (Wildman–Crippen MR) is 60.7 cm³/mol. The molecule has 88 valence electrons. The summed E-state index contributed by atoms with van der Waals surface area (Å²) in [5.74, 6) is 0.525. The number of ether oxygens (including phenoxy) is 2. The molecule has 0 radical (unpaired) electrons. The Kier molecular flexibility index (Phi) is 4.04. The molecular formula is C13H24O2. The van der Waals surface area contributed by atoms with Crippen molar-refractivity contribution in [3.05, 3.63) is 0 Å². The first-order valence-corrected chi connectivity index (χ1v) is 6.56. The van der Waals surface area contributed by atoms with Crippen LogP contribution in [-0.2, 0) is 9.47 Å². The van der Waals surface area contributed by atoms with Gasteiger partial charge in [-0.25, -0.2) is 0 Å². The maximum atomic E-state index is 5.99. The molecule has 0 bridgehead atoms. The van der Waals surface area contributed by atoms with Gasteiger partial charge in [-0.1, -0.05) is 19.3 Å². The Bertz CT molecular complexity index is 179. The average Bonchev–Trinajstić information content (AvgIpc) is 2.29. The van der Waals surface area contributed by atoms with Gasteiger partial charge in [0.15, 0.2) is 5.79 Å². The molecule has 1 aliphatic carbocycles. The maximum absolute atomic E-state index is 5.99. The third kappa shape index (κ3) is 3.46. The predicted octanol–water partition coefficient (Wildman–Crippen LogP) is 3.50. The minimum absolute atomic E-state index is 0.268. The summed E-state index contributed by atoms with van der Waals surface area (Å²) >= 11 is 0. The van der Waals surface area contributed by atoms with Crippen molar-refractivity contribution in [1.82, 2.24) is 0 Å². The minimum atomic E-state index is -0.268. The second-order valence-corrected chi connectivity index (χ2v) is 5.25. The third-order valence-electron chi connectivity index (χ3n) is 3.78. The zero-order valence-corrected chi connectivity index (χ0v) is 9.96. The quantitative estimate of drug-likeness (QED) is 0.713. The van der Waals surface area contributed by atoms with Crippen LogP contribution in [0.3, 0.4) is 0 Å². The van der Waals surface area contributed by atoms with E-state index in [0.717, 1.165) is 25.6 Å². The van der Waals surface area contributed by atoms with Crippen molar-refractivity contribution >= 4 is 0 Å². The van der Waals surface area contributed by atoms with Crippen LogP contribution in [0.5, 0.6) is 0 Å². The summed E-state index contributed by atoms with van der Waals surface area (Å²) in [6.45, 7) is 3.90. The van der Waals surface area contributed by atoms with E-state index in [-0.39, 0.29) is 5.79 Å². The molecule has 2 nitrogen and oxygen atoms in total. The van der Waals surface area contributed by atoms with Gasteiger partial charge in [-0.2, -0.15) is 0 Å². The van der Waals surface area contributed by atoms with Gasteiger partial charge in [0, 0.05) is 6.42 Å². The molecule has 1 heterocycles. The van der Waals surface area contributed by atoms with Gasteiger partial charge in [0.2, 0.25) is 0 Å². The fourth-order valence-electron chi connectivity index (χ4n) is 2.67. The van der Waals surface area contributed by atoms with E-state index >= 15 is 0 Å². The summed E-state index contributed by atoms with van der Waals surface area (Å²) in [7, 11) is 0. The molecule has 1 unspecified atom stereocenters. The molecule has 2 heteroatoms. The van der Waals surface area contributed by atoms with E-state index in [2.05, 4.69) is 6.92 Å². The Balaban J connectivity index is 1.70. The first-order chi connectivity index (χ1) is 7.29. The van der Waals surface area contributed by atoms with E-state index in [0.29, 0.717) is 0 Å². The van der Waals surface area contributed by atoms with Gasteiger partial charge in [0.1, 0.15) is 0 Å². The van der Waals surface area contributed by atoms with E-state index in [1.807, 2.05) is 0 Å². The zero-order valence-electron chi connectivity index (χ0n) is 9.96. The highest BCUT2D eigenvalue weighted by atomic mass is 16.7. The van der Waals surface area contributed by atoms with Crippen molar-refractivity contribution in [2.75, 3.05) is 13.2 Å². The highest BCUT2D eigenvalue weighted by Gasteiger charge is 2.29. The van der Waals surface area contributed by atoms with Gasteiger partial charge in [-0.05, 0) is 38.5 Å². The minimum Gasteiger partial charge on any atom is -0.350 e. The summed E-state index contributed by atoms with van der Waals surface area (Å²) < 4.78 is 11.7. The maximum Gasteiger partial charge on any atom is 0.165 e. The fourth-order valence-corrected chi connectivity index (χ4v) is 2.67. The molecule has 0 amide bonds. The largest absolute Gasteiger partial charge is 0.350 e. The summed E-state index contributed by atoms with van der Waals surface area (Å²) in [5, 5.41) is 0. The average molecular weight is 212 g/mol. The lowest BCUT2D eigenvalue weighted by Crippen LogP contribution is -2.37. The van der Waals surface area contributed by atoms with E-state index in [9.17, 15) is 0 Å². The monoisotopic (exact) mass is 212 g/mol. The summed E-state index contributed by atoms with van der Waals surface area (Å²) in [6, 6.07) is 0.